The monoisotopic (exact) mass is 443 g/mol. The smallest absolute Gasteiger partial charge is 0.269 e. The molecule has 0 aliphatic carbocycles. The number of nitrogens with two attached hydrogens (primary N) is 1. The second-order valence-electron chi connectivity index (χ2n) is 8.40. The minimum Gasteiger partial charge on any atom is -0.384 e. The first-order valence-electron chi connectivity index (χ1n) is 10.8. The van der Waals surface area contributed by atoms with Crippen molar-refractivity contribution < 1.29 is 4.39 Å². The lowest BCUT2D eigenvalue weighted by Gasteiger charge is -2.30. The Morgan fingerprint density at radius 3 is 2.61 bits per heavy atom. The maximum atomic E-state index is 14.9. The Labute approximate surface area is 189 Å². The SMILES string of the molecule is N#CCN1CCC(Cn2c(=O)cnc3cnc4cc(F)c(-c5ccc(N)nc5)cc4c32)CC1. The Bertz CT molecular complexity index is 1430. The van der Waals surface area contributed by atoms with Gasteiger partial charge in [0.15, 0.2) is 0 Å². The number of likely N-dealkylation sites (tertiary alicyclic amines) is 1. The zero-order valence-corrected chi connectivity index (χ0v) is 17.9. The van der Waals surface area contributed by atoms with Crippen molar-refractivity contribution in [1.82, 2.24) is 24.4 Å². The van der Waals surface area contributed by atoms with Crippen molar-refractivity contribution in [2.45, 2.75) is 19.4 Å². The summed E-state index contributed by atoms with van der Waals surface area (Å²) in [6, 6.07) is 8.62. The fourth-order valence-corrected chi connectivity index (χ4v) is 4.52. The summed E-state index contributed by atoms with van der Waals surface area (Å²) >= 11 is 0. The van der Waals surface area contributed by atoms with E-state index in [1.165, 1.54) is 18.5 Å². The Morgan fingerprint density at radius 2 is 1.88 bits per heavy atom. The van der Waals surface area contributed by atoms with Crippen molar-refractivity contribution in [3.8, 4) is 17.2 Å². The third-order valence-corrected chi connectivity index (χ3v) is 6.30. The molecule has 5 rings (SSSR count). The largest absolute Gasteiger partial charge is 0.384 e. The van der Waals surface area contributed by atoms with Crippen LogP contribution < -0.4 is 11.3 Å². The average molecular weight is 443 g/mol. The van der Waals surface area contributed by atoms with Crippen LogP contribution in [0.4, 0.5) is 10.2 Å². The van der Waals surface area contributed by atoms with Crippen LogP contribution in [-0.2, 0) is 6.54 Å². The number of anilines is 1. The Balaban J connectivity index is 1.62. The molecule has 8 nitrogen and oxygen atoms in total. The highest BCUT2D eigenvalue weighted by Crippen LogP contribution is 2.31. The summed E-state index contributed by atoms with van der Waals surface area (Å²) in [4.78, 5) is 27.8. The third-order valence-electron chi connectivity index (χ3n) is 6.30. The first-order chi connectivity index (χ1) is 16.0. The number of nitrogens with zero attached hydrogens (tertiary/aromatic N) is 6. The van der Waals surface area contributed by atoms with Gasteiger partial charge in [0, 0.05) is 35.3 Å². The van der Waals surface area contributed by atoms with E-state index in [9.17, 15) is 9.18 Å². The fraction of sp³-hybridized carbons (Fsp3) is 0.292. The van der Waals surface area contributed by atoms with Crippen molar-refractivity contribution in [3.63, 3.8) is 0 Å². The van der Waals surface area contributed by atoms with E-state index in [1.807, 2.05) is 0 Å². The molecule has 0 spiro atoms. The van der Waals surface area contributed by atoms with Crippen molar-refractivity contribution in [2.75, 3.05) is 25.4 Å². The Morgan fingerprint density at radius 1 is 1.09 bits per heavy atom. The van der Waals surface area contributed by atoms with E-state index in [0.717, 1.165) is 25.9 Å². The van der Waals surface area contributed by atoms with Gasteiger partial charge in [0.2, 0.25) is 0 Å². The molecule has 4 heterocycles. The number of halogens is 1. The second kappa shape index (κ2) is 8.56. The molecule has 1 saturated heterocycles. The topological polar surface area (TPSA) is 114 Å². The minimum atomic E-state index is -0.427. The standard InChI is InChI=1S/C24H22FN7O/c25-19-10-20-18(9-17(19)16-1-2-22(27)30-11-16)24-21(12-28-20)29-13-23(33)32(24)14-15-3-6-31(7-4-15)8-5-26/h1-2,9-13,15H,3-4,6-8,14H2,(H2,27,30). The van der Waals surface area contributed by atoms with Crippen molar-refractivity contribution in [2.24, 2.45) is 5.92 Å². The molecule has 0 bridgehead atoms. The molecule has 1 fully saturated rings. The molecule has 0 saturated carbocycles. The van der Waals surface area contributed by atoms with E-state index in [1.54, 1.807) is 29.0 Å². The summed E-state index contributed by atoms with van der Waals surface area (Å²) in [7, 11) is 0. The lowest BCUT2D eigenvalue weighted by atomic mass is 9.96. The number of hydrogen-bond acceptors (Lipinski definition) is 7. The summed E-state index contributed by atoms with van der Waals surface area (Å²) in [5.41, 5.74) is 8.11. The van der Waals surface area contributed by atoms with Crippen LogP contribution >= 0.6 is 0 Å². The molecule has 1 aliphatic rings. The summed E-state index contributed by atoms with van der Waals surface area (Å²) in [5.74, 6) is 0.224. The summed E-state index contributed by atoms with van der Waals surface area (Å²) in [5, 5.41) is 9.59. The average Bonchev–Trinajstić information content (AvgIpc) is 2.82. The van der Waals surface area contributed by atoms with E-state index < -0.39 is 5.82 Å². The van der Waals surface area contributed by atoms with E-state index in [0.29, 0.717) is 57.9 Å². The summed E-state index contributed by atoms with van der Waals surface area (Å²) in [6.45, 7) is 2.62. The predicted molar refractivity (Wildman–Crippen MR) is 124 cm³/mol. The van der Waals surface area contributed by atoms with Crippen LogP contribution in [0, 0.1) is 23.1 Å². The van der Waals surface area contributed by atoms with Gasteiger partial charge >= 0.3 is 0 Å². The van der Waals surface area contributed by atoms with Gasteiger partial charge < -0.3 is 10.3 Å². The lowest BCUT2D eigenvalue weighted by molar-refractivity contribution is 0.190. The number of aromatic nitrogens is 4. The maximum Gasteiger partial charge on any atom is 0.269 e. The van der Waals surface area contributed by atoms with Crippen molar-refractivity contribution >= 4 is 27.8 Å². The molecule has 0 amide bonds. The van der Waals surface area contributed by atoms with Gasteiger partial charge in [-0.05, 0) is 50.0 Å². The number of piperidine rings is 1. The first-order valence-corrected chi connectivity index (χ1v) is 10.8. The van der Waals surface area contributed by atoms with Crippen LogP contribution in [0.5, 0.6) is 0 Å². The molecule has 0 radical (unpaired) electrons. The molecule has 33 heavy (non-hydrogen) atoms. The molecule has 4 aromatic rings. The van der Waals surface area contributed by atoms with E-state index in [4.69, 9.17) is 11.0 Å². The lowest BCUT2D eigenvalue weighted by Crippen LogP contribution is -2.36. The minimum absolute atomic E-state index is 0.200. The number of fused-ring (bicyclic) bond motifs is 3. The van der Waals surface area contributed by atoms with Crippen molar-refractivity contribution in [1.29, 1.82) is 5.26 Å². The fourth-order valence-electron chi connectivity index (χ4n) is 4.52. The highest BCUT2D eigenvalue weighted by molar-refractivity contribution is 6.03. The van der Waals surface area contributed by atoms with Gasteiger partial charge in [-0.15, -0.1) is 0 Å². The predicted octanol–water partition coefficient (Wildman–Crippen LogP) is 2.96. The quantitative estimate of drug-likeness (QED) is 0.381. The molecule has 0 atom stereocenters. The van der Waals surface area contributed by atoms with Crippen LogP contribution in [0.2, 0.25) is 0 Å². The maximum absolute atomic E-state index is 14.9. The van der Waals surface area contributed by atoms with Gasteiger partial charge in [0.05, 0.1) is 36.0 Å². The Kier molecular flexibility index (Phi) is 5.44. The van der Waals surface area contributed by atoms with Gasteiger partial charge in [-0.25, -0.2) is 14.4 Å². The van der Waals surface area contributed by atoms with Crippen LogP contribution in [-0.4, -0.2) is 44.1 Å². The number of nitriles is 1. The van der Waals surface area contributed by atoms with Gasteiger partial charge in [0.1, 0.15) is 17.2 Å². The van der Waals surface area contributed by atoms with E-state index in [2.05, 4.69) is 25.9 Å². The van der Waals surface area contributed by atoms with Gasteiger partial charge in [-0.2, -0.15) is 5.26 Å². The molecule has 2 N–H and O–H groups in total. The highest BCUT2D eigenvalue weighted by atomic mass is 19.1. The zero-order valence-electron chi connectivity index (χ0n) is 17.9. The Hall–Kier alpha value is -3.90. The van der Waals surface area contributed by atoms with Gasteiger partial charge in [-0.3, -0.25) is 14.7 Å². The second-order valence-corrected chi connectivity index (χ2v) is 8.40. The van der Waals surface area contributed by atoms with E-state index >= 15 is 0 Å². The summed E-state index contributed by atoms with van der Waals surface area (Å²) < 4.78 is 16.7. The van der Waals surface area contributed by atoms with Crippen LogP contribution in [0.25, 0.3) is 33.1 Å². The molecule has 166 valence electrons. The molecule has 1 aromatic carbocycles. The molecular formula is C24H22FN7O. The molecule has 9 heteroatoms. The number of pyridine rings is 2. The molecule has 3 aromatic heterocycles. The molecule has 0 unspecified atom stereocenters. The van der Waals surface area contributed by atoms with Crippen LogP contribution in [0.3, 0.4) is 0 Å². The zero-order chi connectivity index (χ0) is 22.9. The van der Waals surface area contributed by atoms with Crippen LogP contribution in [0.15, 0.2) is 47.7 Å². The number of rotatable bonds is 4. The van der Waals surface area contributed by atoms with Gasteiger partial charge in [0.25, 0.3) is 5.56 Å². The highest BCUT2D eigenvalue weighted by Gasteiger charge is 2.21. The van der Waals surface area contributed by atoms with Gasteiger partial charge in [-0.1, -0.05) is 0 Å². The van der Waals surface area contributed by atoms with Crippen molar-refractivity contribution in [3.05, 3.63) is 59.0 Å². The van der Waals surface area contributed by atoms with E-state index in [-0.39, 0.29) is 5.56 Å². The molecule has 1 aliphatic heterocycles. The number of nitrogen functional groups attached to an aromatic ring is 1. The van der Waals surface area contributed by atoms with Crippen LogP contribution in [0.1, 0.15) is 12.8 Å². The normalized spacial score (nSPS) is 15.2. The third kappa shape index (κ3) is 4.01. The first kappa shape index (κ1) is 21.0. The number of hydrogen-bond donors (Lipinski definition) is 1. The molecular weight excluding hydrogens is 421 g/mol. The summed E-state index contributed by atoms with van der Waals surface area (Å²) in [6.07, 6.45) is 6.22. The number of benzene rings is 1.